The van der Waals surface area contributed by atoms with Crippen molar-refractivity contribution in [3.05, 3.63) is 63.7 Å². The van der Waals surface area contributed by atoms with Crippen LogP contribution in [-0.4, -0.2) is 26.1 Å². The summed E-state index contributed by atoms with van der Waals surface area (Å²) in [6.45, 7) is 4.00. The Bertz CT molecular complexity index is 1280. The molecule has 0 unspecified atom stereocenters. The van der Waals surface area contributed by atoms with Gasteiger partial charge in [0, 0.05) is 30.9 Å². The maximum atomic E-state index is 15.0. The van der Waals surface area contributed by atoms with E-state index in [4.69, 9.17) is 11.6 Å². The second-order valence-electron chi connectivity index (χ2n) is 7.84. The Labute approximate surface area is 186 Å². The van der Waals surface area contributed by atoms with E-state index in [-0.39, 0.29) is 15.2 Å². The largest absolute Gasteiger partial charge is 0.369 e. The summed E-state index contributed by atoms with van der Waals surface area (Å²) in [5, 5.41) is 0.468. The van der Waals surface area contributed by atoms with Gasteiger partial charge in [0.1, 0.15) is 10.7 Å². The average molecular weight is 463 g/mol. The molecule has 164 valence electrons. The van der Waals surface area contributed by atoms with E-state index in [1.54, 1.807) is 10.6 Å². The van der Waals surface area contributed by atoms with Gasteiger partial charge in [-0.3, -0.25) is 4.79 Å². The second kappa shape index (κ2) is 8.63. The van der Waals surface area contributed by atoms with Gasteiger partial charge in [-0.2, -0.15) is 0 Å². The predicted octanol–water partition coefficient (Wildman–Crippen LogP) is 5.03. The number of benzene rings is 2. The highest BCUT2D eigenvalue weighted by Crippen LogP contribution is 2.29. The molecule has 0 saturated carbocycles. The van der Waals surface area contributed by atoms with E-state index in [0.29, 0.717) is 22.8 Å². The summed E-state index contributed by atoms with van der Waals surface area (Å²) in [5.74, 6) is -0.504. The lowest BCUT2D eigenvalue weighted by Gasteiger charge is -2.29. The third-order valence-electron chi connectivity index (χ3n) is 5.69. The molecular formula is C23H24ClFN2O3S. The van der Waals surface area contributed by atoms with E-state index in [9.17, 15) is 13.2 Å². The molecule has 0 amide bonds. The fourth-order valence-corrected chi connectivity index (χ4v) is 5.60. The molecule has 0 spiro atoms. The van der Waals surface area contributed by atoms with Gasteiger partial charge in [-0.1, -0.05) is 18.5 Å². The van der Waals surface area contributed by atoms with Crippen molar-refractivity contribution >= 4 is 38.0 Å². The van der Waals surface area contributed by atoms with Gasteiger partial charge in [-0.25, -0.2) is 12.8 Å². The molecule has 8 heteroatoms. The van der Waals surface area contributed by atoms with Crippen LogP contribution >= 0.6 is 11.6 Å². The van der Waals surface area contributed by atoms with Crippen LogP contribution < -0.4 is 10.3 Å². The smallest absolute Gasteiger partial charge is 0.211 e. The maximum Gasteiger partial charge on any atom is 0.211 e. The van der Waals surface area contributed by atoms with Crippen LogP contribution in [0.4, 0.5) is 10.1 Å². The minimum Gasteiger partial charge on any atom is -0.369 e. The molecule has 0 bridgehead atoms. The number of hydrogen-bond donors (Lipinski definition) is 0. The van der Waals surface area contributed by atoms with E-state index >= 15 is 4.39 Å². The van der Waals surface area contributed by atoms with Gasteiger partial charge in [0.05, 0.1) is 21.5 Å². The molecule has 1 aliphatic rings. The molecule has 2 heterocycles. The molecule has 1 saturated heterocycles. The number of aromatic nitrogens is 1. The molecule has 0 radical (unpaired) electrons. The van der Waals surface area contributed by atoms with Gasteiger partial charge in [0.2, 0.25) is 15.3 Å². The van der Waals surface area contributed by atoms with Crippen molar-refractivity contribution in [2.75, 3.05) is 18.0 Å². The van der Waals surface area contributed by atoms with E-state index in [1.807, 2.05) is 11.8 Å². The normalized spacial score (nSPS) is 14.9. The van der Waals surface area contributed by atoms with Crippen LogP contribution in [-0.2, 0) is 16.4 Å². The first kappa shape index (κ1) is 21.8. The standard InChI is InChI=1S/C23H24ClFN2O3S/c1-2-10-27-15-22(31(29,30)17-8-6-16(24)7-9-17)23(28)18-13-19(25)21(14-20(18)27)26-11-4-3-5-12-26/h6-9,13-15H,2-5,10-12H2,1H3. The van der Waals surface area contributed by atoms with Gasteiger partial charge < -0.3 is 9.47 Å². The number of anilines is 1. The third kappa shape index (κ3) is 4.08. The number of aryl methyl sites for hydroxylation is 1. The number of pyridine rings is 1. The summed E-state index contributed by atoms with van der Waals surface area (Å²) in [6.07, 6.45) is 5.23. The Balaban J connectivity index is 1.93. The van der Waals surface area contributed by atoms with Gasteiger partial charge in [0.15, 0.2) is 0 Å². The van der Waals surface area contributed by atoms with Crippen molar-refractivity contribution in [3.63, 3.8) is 0 Å². The lowest BCUT2D eigenvalue weighted by Crippen LogP contribution is -2.30. The Morgan fingerprint density at radius 1 is 1.06 bits per heavy atom. The van der Waals surface area contributed by atoms with E-state index in [0.717, 1.165) is 38.8 Å². The highest BCUT2D eigenvalue weighted by Gasteiger charge is 2.25. The fourth-order valence-electron chi connectivity index (χ4n) is 4.11. The molecular weight excluding hydrogens is 439 g/mol. The summed E-state index contributed by atoms with van der Waals surface area (Å²) in [4.78, 5) is 14.8. The number of piperidine rings is 1. The fraction of sp³-hybridized carbons (Fsp3) is 0.348. The van der Waals surface area contributed by atoms with Crippen LogP contribution in [0.15, 0.2) is 57.2 Å². The minimum atomic E-state index is -4.09. The summed E-state index contributed by atoms with van der Waals surface area (Å²) in [5.41, 5.74) is 0.315. The molecule has 4 rings (SSSR count). The first-order valence-corrected chi connectivity index (χ1v) is 12.3. The highest BCUT2D eigenvalue weighted by atomic mass is 35.5. The zero-order valence-corrected chi connectivity index (χ0v) is 18.8. The van der Waals surface area contributed by atoms with Crippen LogP contribution in [0.3, 0.4) is 0 Å². The maximum absolute atomic E-state index is 15.0. The van der Waals surface area contributed by atoms with Crippen LogP contribution in [0.5, 0.6) is 0 Å². The van der Waals surface area contributed by atoms with Gasteiger partial charge >= 0.3 is 0 Å². The van der Waals surface area contributed by atoms with E-state index in [1.165, 1.54) is 36.5 Å². The number of hydrogen-bond acceptors (Lipinski definition) is 4. The summed E-state index contributed by atoms with van der Waals surface area (Å²) in [6, 6.07) is 8.53. The zero-order valence-electron chi connectivity index (χ0n) is 17.3. The number of halogens is 2. The van der Waals surface area contributed by atoms with Crippen molar-refractivity contribution in [2.45, 2.75) is 48.9 Å². The molecule has 1 fully saturated rings. The lowest BCUT2D eigenvalue weighted by atomic mass is 10.1. The molecule has 1 aliphatic heterocycles. The molecule has 31 heavy (non-hydrogen) atoms. The molecule has 0 N–H and O–H groups in total. The van der Waals surface area contributed by atoms with Crippen molar-refractivity contribution < 1.29 is 12.8 Å². The topological polar surface area (TPSA) is 59.4 Å². The van der Waals surface area contributed by atoms with Crippen LogP contribution in [0.1, 0.15) is 32.6 Å². The van der Waals surface area contributed by atoms with E-state index in [2.05, 4.69) is 0 Å². The summed E-state index contributed by atoms with van der Waals surface area (Å²) in [7, 11) is -4.09. The minimum absolute atomic E-state index is 0.0261. The molecule has 0 aliphatic carbocycles. The van der Waals surface area contributed by atoms with Gasteiger partial charge in [-0.15, -0.1) is 0 Å². The highest BCUT2D eigenvalue weighted by molar-refractivity contribution is 7.91. The number of fused-ring (bicyclic) bond motifs is 1. The molecule has 2 aromatic carbocycles. The first-order chi connectivity index (χ1) is 14.8. The summed E-state index contributed by atoms with van der Waals surface area (Å²) >= 11 is 5.87. The van der Waals surface area contributed by atoms with Gasteiger partial charge in [-0.05, 0) is 62.1 Å². The Morgan fingerprint density at radius 3 is 2.39 bits per heavy atom. The Hall–Kier alpha value is -2.38. The van der Waals surface area contributed by atoms with Gasteiger partial charge in [0.25, 0.3) is 0 Å². The van der Waals surface area contributed by atoms with Crippen molar-refractivity contribution in [1.29, 1.82) is 0 Å². The molecule has 3 aromatic rings. The number of rotatable bonds is 5. The average Bonchev–Trinajstić information content (AvgIpc) is 2.76. The Kier molecular flexibility index (Phi) is 6.08. The van der Waals surface area contributed by atoms with E-state index < -0.39 is 21.1 Å². The number of nitrogens with zero attached hydrogens (tertiary/aromatic N) is 2. The Morgan fingerprint density at radius 2 is 1.74 bits per heavy atom. The van der Waals surface area contributed by atoms with Crippen molar-refractivity contribution in [3.8, 4) is 0 Å². The lowest BCUT2D eigenvalue weighted by molar-refractivity contribution is 0.557. The second-order valence-corrected chi connectivity index (χ2v) is 10.2. The van der Waals surface area contributed by atoms with Crippen LogP contribution in [0.2, 0.25) is 5.02 Å². The van der Waals surface area contributed by atoms with Crippen molar-refractivity contribution in [1.82, 2.24) is 4.57 Å². The number of sulfone groups is 1. The molecule has 0 atom stereocenters. The summed E-state index contributed by atoms with van der Waals surface area (Å²) < 4.78 is 43.2. The quantitative estimate of drug-likeness (QED) is 0.533. The predicted molar refractivity (Wildman–Crippen MR) is 121 cm³/mol. The first-order valence-electron chi connectivity index (χ1n) is 10.4. The van der Waals surface area contributed by atoms with Crippen molar-refractivity contribution in [2.24, 2.45) is 0 Å². The molecule has 5 nitrogen and oxygen atoms in total. The monoisotopic (exact) mass is 462 g/mol. The van der Waals surface area contributed by atoms with Crippen LogP contribution in [0, 0.1) is 5.82 Å². The van der Waals surface area contributed by atoms with Crippen LogP contribution in [0.25, 0.3) is 10.9 Å². The SMILES string of the molecule is CCCn1cc(S(=O)(=O)c2ccc(Cl)cc2)c(=O)c2cc(F)c(N3CCCCC3)cc21. The zero-order chi connectivity index (χ0) is 22.2. The third-order valence-corrected chi connectivity index (χ3v) is 7.71. The molecule has 1 aromatic heterocycles.